The van der Waals surface area contributed by atoms with Gasteiger partial charge in [-0.05, 0) is 25.2 Å². The Kier molecular flexibility index (Phi) is 5.86. The number of carbonyl (C=O) groups excluding carboxylic acids is 1. The average Bonchev–Trinajstić information content (AvgIpc) is 2.37. The SMILES string of the molecule is C=CCC(NC(=O)N(C)C1CCCCC1C)C(=O)O. The monoisotopic (exact) mass is 268 g/mol. The minimum Gasteiger partial charge on any atom is -0.480 e. The van der Waals surface area contributed by atoms with Gasteiger partial charge in [0.1, 0.15) is 6.04 Å². The summed E-state index contributed by atoms with van der Waals surface area (Å²) in [4.78, 5) is 24.8. The number of carboxylic acids is 1. The second-order valence-electron chi connectivity index (χ2n) is 5.30. The number of urea groups is 1. The van der Waals surface area contributed by atoms with Gasteiger partial charge in [0.15, 0.2) is 0 Å². The standard InChI is InChI=1S/C14H24N2O3/c1-4-7-11(13(17)18)15-14(19)16(3)12-9-6-5-8-10(12)2/h4,10-12H,1,5-9H2,2-3H3,(H,15,19)(H,17,18). The van der Waals surface area contributed by atoms with Crippen LogP contribution in [0.25, 0.3) is 0 Å². The minimum absolute atomic E-state index is 0.201. The highest BCUT2D eigenvalue weighted by molar-refractivity contribution is 5.82. The van der Waals surface area contributed by atoms with E-state index in [1.807, 2.05) is 0 Å². The van der Waals surface area contributed by atoms with E-state index in [-0.39, 0.29) is 18.5 Å². The molecule has 0 spiro atoms. The first-order valence-corrected chi connectivity index (χ1v) is 6.84. The Bertz CT molecular complexity index is 344. The van der Waals surface area contributed by atoms with E-state index < -0.39 is 12.0 Å². The summed E-state index contributed by atoms with van der Waals surface area (Å²) in [6.07, 6.45) is 6.18. The van der Waals surface area contributed by atoms with E-state index in [4.69, 9.17) is 5.11 Å². The van der Waals surface area contributed by atoms with Crippen LogP contribution >= 0.6 is 0 Å². The van der Waals surface area contributed by atoms with E-state index in [9.17, 15) is 9.59 Å². The van der Waals surface area contributed by atoms with E-state index in [1.165, 1.54) is 12.5 Å². The van der Waals surface area contributed by atoms with Crippen LogP contribution in [0.5, 0.6) is 0 Å². The Morgan fingerprint density at radius 2 is 2.11 bits per heavy atom. The van der Waals surface area contributed by atoms with Crippen LogP contribution in [0.1, 0.15) is 39.0 Å². The van der Waals surface area contributed by atoms with Crippen LogP contribution in [0.2, 0.25) is 0 Å². The first-order valence-electron chi connectivity index (χ1n) is 6.84. The fourth-order valence-electron chi connectivity index (χ4n) is 2.66. The largest absolute Gasteiger partial charge is 0.480 e. The van der Waals surface area contributed by atoms with Crippen molar-refractivity contribution in [2.24, 2.45) is 5.92 Å². The molecule has 0 heterocycles. The fraction of sp³-hybridized carbons (Fsp3) is 0.714. The van der Waals surface area contributed by atoms with Gasteiger partial charge in [-0.3, -0.25) is 0 Å². The second-order valence-corrected chi connectivity index (χ2v) is 5.30. The van der Waals surface area contributed by atoms with Crippen LogP contribution < -0.4 is 5.32 Å². The lowest BCUT2D eigenvalue weighted by Gasteiger charge is -2.36. The number of amides is 2. The average molecular weight is 268 g/mol. The van der Waals surface area contributed by atoms with Gasteiger partial charge < -0.3 is 15.3 Å². The van der Waals surface area contributed by atoms with Crippen LogP contribution in [0.15, 0.2) is 12.7 Å². The molecule has 0 bridgehead atoms. The zero-order chi connectivity index (χ0) is 14.4. The molecule has 5 nitrogen and oxygen atoms in total. The van der Waals surface area contributed by atoms with Crippen molar-refractivity contribution in [2.75, 3.05) is 7.05 Å². The maximum Gasteiger partial charge on any atom is 0.326 e. The number of nitrogens with one attached hydrogen (secondary N) is 1. The molecule has 1 rings (SSSR count). The van der Waals surface area contributed by atoms with Gasteiger partial charge >= 0.3 is 12.0 Å². The first-order chi connectivity index (χ1) is 8.97. The van der Waals surface area contributed by atoms with Crippen molar-refractivity contribution in [3.63, 3.8) is 0 Å². The third-order valence-corrected chi connectivity index (χ3v) is 3.88. The molecule has 0 aromatic carbocycles. The lowest BCUT2D eigenvalue weighted by molar-refractivity contribution is -0.139. The third-order valence-electron chi connectivity index (χ3n) is 3.88. The Morgan fingerprint density at radius 1 is 1.47 bits per heavy atom. The van der Waals surface area contributed by atoms with Gasteiger partial charge in [0, 0.05) is 13.1 Å². The predicted molar refractivity (Wildman–Crippen MR) is 74.0 cm³/mol. The van der Waals surface area contributed by atoms with Crippen molar-refractivity contribution >= 4 is 12.0 Å². The smallest absolute Gasteiger partial charge is 0.326 e. The Morgan fingerprint density at radius 3 is 2.63 bits per heavy atom. The number of carboxylic acid groups (broad SMARTS) is 1. The maximum absolute atomic E-state index is 12.1. The van der Waals surface area contributed by atoms with Crippen molar-refractivity contribution in [2.45, 2.75) is 51.1 Å². The number of hydrogen-bond donors (Lipinski definition) is 2. The van der Waals surface area contributed by atoms with E-state index in [1.54, 1.807) is 11.9 Å². The zero-order valence-electron chi connectivity index (χ0n) is 11.8. The molecular weight excluding hydrogens is 244 g/mol. The van der Waals surface area contributed by atoms with Crippen LogP contribution in [-0.4, -0.2) is 41.1 Å². The lowest BCUT2D eigenvalue weighted by atomic mass is 9.85. The summed E-state index contributed by atoms with van der Waals surface area (Å²) in [5.41, 5.74) is 0. The second kappa shape index (κ2) is 7.16. The molecule has 1 fully saturated rings. The van der Waals surface area contributed by atoms with Gasteiger partial charge in [-0.25, -0.2) is 9.59 Å². The molecule has 0 aromatic rings. The van der Waals surface area contributed by atoms with Gasteiger partial charge in [0.2, 0.25) is 0 Å². The Labute approximate surface area is 114 Å². The van der Waals surface area contributed by atoms with E-state index >= 15 is 0 Å². The van der Waals surface area contributed by atoms with Gasteiger partial charge in [0.05, 0.1) is 0 Å². The molecule has 2 N–H and O–H groups in total. The summed E-state index contributed by atoms with van der Waals surface area (Å²) in [6.45, 7) is 5.65. The Hall–Kier alpha value is -1.52. The van der Waals surface area contributed by atoms with Crippen LogP contribution in [-0.2, 0) is 4.79 Å². The molecule has 19 heavy (non-hydrogen) atoms. The van der Waals surface area contributed by atoms with Gasteiger partial charge in [-0.1, -0.05) is 25.8 Å². The minimum atomic E-state index is -1.03. The van der Waals surface area contributed by atoms with Crippen molar-refractivity contribution in [3.8, 4) is 0 Å². The van der Waals surface area contributed by atoms with Crippen LogP contribution in [0, 0.1) is 5.92 Å². The first kappa shape index (κ1) is 15.5. The molecule has 108 valence electrons. The summed E-state index contributed by atoms with van der Waals surface area (Å²) in [5, 5.41) is 11.6. The Balaban J connectivity index is 2.60. The third kappa shape index (κ3) is 4.26. The number of rotatable bonds is 5. The highest BCUT2D eigenvalue weighted by Crippen LogP contribution is 2.27. The number of hydrogen-bond acceptors (Lipinski definition) is 2. The van der Waals surface area contributed by atoms with Gasteiger partial charge in [0.25, 0.3) is 0 Å². The molecule has 3 unspecified atom stereocenters. The van der Waals surface area contributed by atoms with Gasteiger partial charge in [-0.2, -0.15) is 0 Å². The highest BCUT2D eigenvalue weighted by Gasteiger charge is 2.29. The number of aliphatic carboxylic acids is 1. The summed E-state index contributed by atoms with van der Waals surface area (Å²) in [7, 11) is 1.74. The highest BCUT2D eigenvalue weighted by atomic mass is 16.4. The summed E-state index contributed by atoms with van der Waals surface area (Å²) >= 11 is 0. The number of nitrogens with zero attached hydrogens (tertiary/aromatic N) is 1. The zero-order valence-corrected chi connectivity index (χ0v) is 11.8. The summed E-state index contributed by atoms with van der Waals surface area (Å²) in [5.74, 6) is -0.564. The normalized spacial score (nSPS) is 24.3. The molecule has 2 amide bonds. The van der Waals surface area contributed by atoms with E-state index in [0.29, 0.717) is 5.92 Å². The van der Waals surface area contributed by atoms with Crippen LogP contribution in [0.4, 0.5) is 4.79 Å². The molecule has 0 radical (unpaired) electrons. The van der Waals surface area contributed by atoms with Crippen LogP contribution in [0.3, 0.4) is 0 Å². The molecule has 1 saturated carbocycles. The van der Waals surface area contributed by atoms with E-state index in [0.717, 1.165) is 19.3 Å². The summed E-state index contributed by atoms with van der Waals surface area (Å²) in [6, 6.07) is -1.01. The lowest BCUT2D eigenvalue weighted by Crippen LogP contribution is -2.51. The molecule has 3 atom stereocenters. The van der Waals surface area contributed by atoms with E-state index in [2.05, 4.69) is 18.8 Å². The maximum atomic E-state index is 12.1. The van der Waals surface area contributed by atoms with Crippen molar-refractivity contribution < 1.29 is 14.7 Å². The molecule has 0 aromatic heterocycles. The van der Waals surface area contributed by atoms with Crippen molar-refractivity contribution in [3.05, 3.63) is 12.7 Å². The van der Waals surface area contributed by atoms with Crippen molar-refractivity contribution in [1.82, 2.24) is 10.2 Å². The topological polar surface area (TPSA) is 69.6 Å². The molecule has 0 aliphatic heterocycles. The summed E-state index contributed by atoms with van der Waals surface area (Å²) < 4.78 is 0. The molecule has 0 saturated heterocycles. The molecule has 1 aliphatic rings. The quantitative estimate of drug-likeness (QED) is 0.751. The fourth-order valence-corrected chi connectivity index (χ4v) is 2.66. The number of carbonyl (C=O) groups is 2. The molecular formula is C14H24N2O3. The van der Waals surface area contributed by atoms with Gasteiger partial charge in [-0.15, -0.1) is 6.58 Å². The van der Waals surface area contributed by atoms with Crippen molar-refractivity contribution in [1.29, 1.82) is 0 Å². The molecule has 5 heteroatoms. The predicted octanol–water partition coefficient (Wildman–Crippen LogP) is 2.24. The molecule has 1 aliphatic carbocycles.